The van der Waals surface area contributed by atoms with Crippen molar-refractivity contribution in [3.8, 4) is 0 Å². The lowest BCUT2D eigenvalue weighted by Crippen LogP contribution is -2.30. The summed E-state index contributed by atoms with van der Waals surface area (Å²) >= 11 is 1.45. The lowest BCUT2D eigenvalue weighted by Gasteiger charge is -2.23. The zero-order chi connectivity index (χ0) is 17.3. The van der Waals surface area contributed by atoms with E-state index in [0.29, 0.717) is 17.9 Å². The minimum atomic E-state index is -3.77. The smallest absolute Gasteiger partial charge is 0.258 e. The predicted octanol–water partition coefficient (Wildman–Crippen LogP) is 3.17. The van der Waals surface area contributed by atoms with Crippen LogP contribution in [0, 0.1) is 15.9 Å². The number of thioether (sulfide) groups is 1. The molecule has 0 N–H and O–H groups in total. The minimum Gasteiger partial charge on any atom is -0.258 e. The van der Waals surface area contributed by atoms with Crippen LogP contribution in [0.4, 0.5) is 10.1 Å². The topological polar surface area (TPSA) is 80.5 Å². The van der Waals surface area contributed by atoms with Crippen LogP contribution in [0.15, 0.2) is 53.4 Å². The van der Waals surface area contributed by atoms with Crippen molar-refractivity contribution in [2.75, 3.05) is 12.3 Å². The summed E-state index contributed by atoms with van der Waals surface area (Å²) < 4.78 is 39.9. The van der Waals surface area contributed by atoms with Crippen molar-refractivity contribution in [3.63, 3.8) is 0 Å². The van der Waals surface area contributed by atoms with E-state index in [1.807, 2.05) is 0 Å². The molecule has 0 saturated carbocycles. The van der Waals surface area contributed by atoms with Crippen LogP contribution >= 0.6 is 11.8 Å². The quantitative estimate of drug-likeness (QED) is 0.612. The van der Waals surface area contributed by atoms with Gasteiger partial charge in [0.15, 0.2) is 0 Å². The highest BCUT2D eigenvalue weighted by atomic mass is 32.2. The maximum atomic E-state index is 13.0. The van der Waals surface area contributed by atoms with Crippen molar-refractivity contribution in [3.05, 3.63) is 70.0 Å². The van der Waals surface area contributed by atoms with Crippen LogP contribution in [0.5, 0.6) is 0 Å². The van der Waals surface area contributed by atoms with Crippen molar-refractivity contribution >= 4 is 27.5 Å². The number of sulfonamides is 1. The molecule has 0 aliphatic carbocycles. The molecule has 0 spiro atoms. The normalized spacial score (nSPS) is 18.6. The molecule has 1 aliphatic rings. The number of rotatable bonds is 4. The van der Waals surface area contributed by atoms with Gasteiger partial charge in [-0.3, -0.25) is 10.1 Å². The molecule has 1 heterocycles. The summed E-state index contributed by atoms with van der Waals surface area (Å²) in [5.41, 5.74) is 0.628. The molecule has 9 heteroatoms. The molecule has 24 heavy (non-hydrogen) atoms. The van der Waals surface area contributed by atoms with Gasteiger partial charge < -0.3 is 0 Å². The Bertz CT molecular complexity index is 854. The number of non-ortho nitro benzene ring substituents is 1. The summed E-state index contributed by atoms with van der Waals surface area (Å²) in [5.74, 6) is 0.110. The van der Waals surface area contributed by atoms with E-state index < -0.39 is 26.1 Å². The first-order valence-electron chi connectivity index (χ1n) is 7.03. The summed E-state index contributed by atoms with van der Waals surface area (Å²) in [5, 5.41) is 10.3. The fourth-order valence-corrected chi connectivity index (χ4v) is 5.71. The predicted molar refractivity (Wildman–Crippen MR) is 88.6 cm³/mol. The zero-order valence-corrected chi connectivity index (χ0v) is 14.0. The molecule has 2 aromatic rings. The van der Waals surface area contributed by atoms with Gasteiger partial charge in [-0.1, -0.05) is 0 Å². The number of halogens is 1. The Morgan fingerprint density at radius 3 is 2.33 bits per heavy atom. The lowest BCUT2D eigenvalue weighted by molar-refractivity contribution is -0.384. The second-order valence-electron chi connectivity index (χ2n) is 5.14. The van der Waals surface area contributed by atoms with Gasteiger partial charge in [-0.05, 0) is 42.0 Å². The minimum absolute atomic E-state index is 0.0262. The Balaban J connectivity index is 1.92. The van der Waals surface area contributed by atoms with Gasteiger partial charge >= 0.3 is 0 Å². The third kappa shape index (κ3) is 3.14. The van der Waals surface area contributed by atoms with Crippen LogP contribution in [0.25, 0.3) is 0 Å². The maximum absolute atomic E-state index is 13.0. The van der Waals surface area contributed by atoms with Crippen LogP contribution in [-0.2, 0) is 10.0 Å². The van der Waals surface area contributed by atoms with Gasteiger partial charge in [0.1, 0.15) is 5.82 Å². The van der Waals surface area contributed by atoms with Crippen LogP contribution in [-0.4, -0.2) is 29.9 Å². The number of hydrogen-bond donors (Lipinski definition) is 0. The van der Waals surface area contributed by atoms with Crippen LogP contribution < -0.4 is 0 Å². The SMILES string of the molecule is O=[N+]([O-])c1ccc(C2SCCN2S(=O)(=O)c2ccc(F)cc2)cc1. The number of nitro groups is 1. The summed E-state index contributed by atoms with van der Waals surface area (Å²) in [6.45, 7) is 0.325. The van der Waals surface area contributed by atoms with Gasteiger partial charge in [-0.15, -0.1) is 11.8 Å². The zero-order valence-electron chi connectivity index (χ0n) is 12.3. The first-order valence-corrected chi connectivity index (χ1v) is 9.52. The summed E-state index contributed by atoms with van der Waals surface area (Å²) in [6, 6.07) is 10.5. The average Bonchev–Trinajstić information content (AvgIpc) is 3.06. The van der Waals surface area contributed by atoms with E-state index >= 15 is 0 Å². The molecule has 2 aromatic carbocycles. The van der Waals surface area contributed by atoms with Gasteiger partial charge in [0.25, 0.3) is 5.69 Å². The fourth-order valence-electron chi connectivity index (χ4n) is 2.47. The molecule has 1 unspecified atom stereocenters. The Morgan fingerprint density at radius 2 is 1.75 bits per heavy atom. The van der Waals surface area contributed by atoms with Crippen molar-refractivity contribution in [2.24, 2.45) is 0 Å². The molecule has 1 atom stereocenters. The van der Waals surface area contributed by atoms with E-state index in [1.165, 1.54) is 40.3 Å². The molecular formula is C15H13FN2O4S2. The first-order chi connectivity index (χ1) is 11.4. The second kappa shape index (κ2) is 6.50. The van der Waals surface area contributed by atoms with Gasteiger partial charge in [-0.2, -0.15) is 4.31 Å². The third-order valence-electron chi connectivity index (χ3n) is 3.66. The molecule has 126 valence electrons. The van der Waals surface area contributed by atoms with E-state index in [1.54, 1.807) is 12.1 Å². The summed E-state index contributed by atoms with van der Waals surface area (Å²) in [7, 11) is -3.77. The highest BCUT2D eigenvalue weighted by Gasteiger charge is 2.36. The molecule has 0 bridgehead atoms. The summed E-state index contributed by atoms with van der Waals surface area (Å²) in [6.07, 6.45) is 0. The molecule has 1 saturated heterocycles. The van der Waals surface area contributed by atoms with E-state index in [9.17, 15) is 22.9 Å². The van der Waals surface area contributed by atoms with Gasteiger partial charge in [0, 0.05) is 24.4 Å². The Labute approximate surface area is 142 Å². The molecule has 6 nitrogen and oxygen atoms in total. The molecular weight excluding hydrogens is 355 g/mol. The molecule has 0 amide bonds. The Kier molecular flexibility index (Phi) is 4.57. The highest BCUT2D eigenvalue weighted by Crippen LogP contribution is 2.41. The first kappa shape index (κ1) is 16.9. The number of nitrogens with zero attached hydrogens (tertiary/aromatic N) is 2. The highest BCUT2D eigenvalue weighted by molar-refractivity contribution is 8.01. The lowest BCUT2D eigenvalue weighted by atomic mass is 10.2. The van der Waals surface area contributed by atoms with E-state index in [0.717, 1.165) is 12.1 Å². The number of hydrogen-bond acceptors (Lipinski definition) is 5. The standard InChI is InChI=1S/C15H13FN2O4S2/c16-12-3-7-14(8-4-12)24(21,22)17-9-10-23-15(17)11-1-5-13(6-2-11)18(19)20/h1-8,15H,9-10H2. The van der Waals surface area contributed by atoms with Gasteiger partial charge in [0.05, 0.1) is 15.2 Å². The van der Waals surface area contributed by atoms with Crippen LogP contribution in [0.2, 0.25) is 0 Å². The van der Waals surface area contributed by atoms with Crippen LogP contribution in [0.1, 0.15) is 10.9 Å². The van der Waals surface area contributed by atoms with Crippen molar-refractivity contribution < 1.29 is 17.7 Å². The molecule has 3 rings (SSSR count). The van der Waals surface area contributed by atoms with E-state index in [-0.39, 0.29) is 10.6 Å². The van der Waals surface area contributed by atoms with Crippen molar-refractivity contribution in [1.82, 2.24) is 4.31 Å². The number of benzene rings is 2. The molecule has 0 aromatic heterocycles. The van der Waals surface area contributed by atoms with Gasteiger partial charge in [-0.25, -0.2) is 12.8 Å². The van der Waals surface area contributed by atoms with Gasteiger partial charge in [0.2, 0.25) is 10.0 Å². The monoisotopic (exact) mass is 368 g/mol. The third-order valence-corrected chi connectivity index (χ3v) is 6.93. The largest absolute Gasteiger partial charge is 0.269 e. The van der Waals surface area contributed by atoms with Crippen molar-refractivity contribution in [1.29, 1.82) is 0 Å². The van der Waals surface area contributed by atoms with Crippen LogP contribution in [0.3, 0.4) is 0 Å². The number of nitro benzene ring substituents is 1. The Morgan fingerprint density at radius 1 is 1.12 bits per heavy atom. The fraction of sp³-hybridized carbons (Fsp3) is 0.200. The summed E-state index contributed by atoms with van der Waals surface area (Å²) in [4.78, 5) is 10.3. The Hall–Kier alpha value is -1.97. The molecule has 0 radical (unpaired) electrons. The van der Waals surface area contributed by atoms with E-state index in [4.69, 9.17) is 0 Å². The maximum Gasteiger partial charge on any atom is 0.269 e. The van der Waals surface area contributed by atoms with E-state index in [2.05, 4.69) is 0 Å². The molecule has 1 aliphatic heterocycles. The average molecular weight is 368 g/mol. The van der Waals surface area contributed by atoms with Crippen molar-refractivity contribution in [2.45, 2.75) is 10.3 Å². The second-order valence-corrected chi connectivity index (χ2v) is 8.22. The molecule has 1 fully saturated rings.